The van der Waals surface area contributed by atoms with E-state index < -0.39 is 0 Å². The van der Waals surface area contributed by atoms with Gasteiger partial charge in [0.15, 0.2) is 0 Å². The molecule has 2 aliphatic heterocycles. The van der Waals surface area contributed by atoms with Crippen LogP contribution in [0.3, 0.4) is 0 Å². The van der Waals surface area contributed by atoms with Crippen molar-refractivity contribution in [2.75, 3.05) is 31.6 Å². The zero-order valence-corrected chi connectivity index (χ0v) is 15.3. The van der Waals surface area contributed by atoms with Crippen molar-refractivity contribution in [1.29, 1.82) is 0 Å². The number of amides is 2. The molecular weight excluding hydrogens is 348 g/mol. The molecule has 2 aromatic rings. The number of urea groups is 1. The van der Waals surface area contributed by atoms with E-state index >= 15 is 0 Å². The molecule has 1 saturated heterocycles. The summed E-state index contributed by atoms with van der Waals surface area (Å²) in [5.74, 6) is 0.585. The van der Waals surface area contributed by atoms with Gasteiger partial charge < -0.3 is 15.4 Å². The summed E-state index contributed by atoms with van der Waals surface area (Å²) in [5, 5.41) is 11.9. The topological polar surface area (TPSA) is 75.3 Å². The van der Waals surface area contributed by atoms with Crippen molar-refractivity contribution in [3.05, 3.63) is 41.3 Å². The summed E-state index contributed by atoms with van der Waals surface area (Å²) in [6, 6.07) is 8.29. The standard InChI is InChI=1S/C19H22N4O2S/c24-19(21-16-2-1-8-20-10-16)23-17-12-26-18(22-17)14-5-3-13(4-6-14)15-7-9-25-11-15/h3-7,12,16,20H,1-2,8-11H2,(H2,21,23,24)/t16-/m0/s1. The number of ether oxygens (including phenoxy) is 1. The summed E-state index contributed by atoms with van der Waals surface area (Å²) in [7, 11) is 0. The maximum atomic E-state index is 12.1. The Kier molecular flexibility index (Phi) is 5.29. The van der Waals surface area contributed by atoms with Crippen molar-refractivity contribution in [1.82, 2.24) is 15.6 Å². The first-order chi connectivity index (χ1) is 12.8. The van der Waals surface area contributed by atoms with Crippen molar-refractivity contribution >= 4 is 28.8 Å². The SMILES string of the molecule is O=C(Nc1csc(-c2ccc(C3=CCOC3)cc2)n1)N[C@H]1CCCNC1. The Hall–Kier alpha value is -2.22. The van der Waals surface area contributed by atoms with E-state index in [1.807, 2.05) is 5.38 Å². The molecule has 1 fully saturated rings. The third-order valence-electron chi connectivity index (χ3n) is 4.59. The van der Waals surface area contributed by atoms with Gasteiger partial charge in [-0.25, -0.2) is 9.78 Å². The molecule has 1 atom stereocenters. The number of rotatable bonds is 4. The second-order valence-electron chi connectivity index (χ2n) is 6.50. The molecule has 1 aromatic carbocycles. The number of nitrogens with zero attached hydrogens (tertiary/aromatic N) is 1. The van der Waals surface area contributed by atoms with Gasteiger partial charge in [-0.3, -0.25) is 5.32 Å². The van der Waals surface area contributed by atoms with Crippen LogP contribution in [0.15, 0.2) is 35.7 Å². The Morgan fingerprint density at radius 2 is 2.12 bits per heavy atom. The maximum Gasteiger partial charge on any atom is 0.320 e. The van der Waals surface area contributed by atoms with E-state index in [0.29, 0.717) is 19.0 Å². The number of anilines is 1. The van der Waals surface area contributed by atoms with Crippen molar-refractivity contribution in [2.45, 2.75) is 18.9 Å². The monoisotopic (exact) mass is 370 g/mol. The number of hydrogen-bond donors (Lipinski definition) is 3. The summed E-state index contributed by atoms with van der Waals surface area (Å²) < 4.78 is 5.37. The Bertz CT molecular complexity index is 794. The van der Waals surface area contributed by atoms with Crippen molar-refractivity contribution in [3.63, 3.8) is 0 Å². The van der Waals surface area contributed by atoms with E-state index in [1.165, 1.54) is 22.5 Å². The zero-order chi connectivity index (χ0) is 17.8. The van der Waals surface area contributed by atoms with Crippen LogP contribution in [0.1, 0.15) is 18.4 Å². The van der Waals surface area contributed by atoms with Crippen LogP contribution < -0.4 is 16.0 Å². The minimum atomic E-state index is -0.195. The van der Waals surface area contributed by atoms with Crippen LogP contribution >= 0.6 is 11.3 Å². The summed E-state index contributed by atoms with van der Waals surface area (Å²) in [4.78, 5) is 16.6. The smallest absolute Gasteiger partial charge is 0.320 e. The number of carbonyl (C=O) groups excluding carboxylic acids is 1. The van der Waals surface area contributed by atoms with Crippen LogP contribution in [0, 0.1) is 0 Å². The average Bonchev–Trinajstić information content (AvgIpc) is 3.35. The van der Waals surface area contributed by atoms with Gasteiger partial charge in [0.05, 0.1) is 13.2 Å². The number of hydrogen-bond acceptors (Lipinski definition) is 5. The molecule has 0 radical (unpaired) electrons. The molecular formula is C19H22N4O2S. The van der Waals surface area contributed by atoms with Gasteiger partial charge in [0.2, 0.25) is 0 Å². The fourth-order valence-corrected chi connectivity index (χ4v) is 3.95. The lowest BCUT2D eigenvalue weighted by Gasteiger charge is -2.23. The van der Waals surface area contributed by atoms with Gasteiger partial charge in [-0.1, -0.05) is 30.3 Å². The second kappa shape index (κ2) is 7.99. The molecule has 4 rings (SSSR count). The highest BCUT2D eigenvalue weighted by Crippen LogP contribution is 2.28. The third kappa shape index (κ3) is 4.12. The van der Waals surface area contributed by atoms with E-state index in [1.54, 1.807) is 0 Å². The van der Waals surface area contributed by atoms with Gasteiger partial charge >= 0.3 is 6.03 Å². The van der Waals surface area contributed by atoms with E-state index in [9.17, 15) is 4.79 Å². The molecule has 0 aliphatic carbocycles. The summed E-state index contributed by atoms with van der Waals surface area (Å²) in [6.07, 6.45) is 4.21. The quantitative estimate of drug-likeness (QED) is 0.773. The number of aromatic nitrogens is 1. The largest absolute Gasteiger partial charge is 0.373 e. The highest BCUT2D eigenvalue weighted by molar-refractivity contribution is 7.13. The van der Waals surface area contributed by atoms with Crippen molar-refractivity contribution in [2.24, 2.45) is 0 Å². The Labute approximate surface area is 156 Å². The molecule has 6 nitrogen and oxygen atoms in total. The fourth-order valence-electron chi connectivity index (χ4n) is 3.19. The van der Waals surface area contributed by atoms with Crippen LogP contribution in [0.5, 0.6) is 0 Å². The maximum absolute atomic E-state index is 12.1. The summed E-state index contributed by atoms with van der Waals surface area (Å²) >= 11 is 1.52. The first-order valence-corrected chi connectivity index (χ1v) is 9.77. The van der Waals surface area contributed by atoms with Gasteiger partial charge in [0, 0.05) is 23.5 Å². The molecule has 0 spiro atoms. The van der Waals surface area contributed by atoms with E-state index in [2.05, 4.69) is 51.3 Å². The zero-order valence-electron chi connectivity index (χ0n) is 14.5. The number of carbonyl (C=O) groups is 1. The van der Waals surface area contributed by atoms with Gasteiger partial charge in [-0.15, -0.1) is 11.3 Å². The first-order valence-electron chi connectivity index (χ1n) is 8.89. The van der Waals surface area contributed by atoms with E-state index in [4.69, 9.17) is 4.74 Å². The molecule has 2 aliphatic rings. The number of benzene rings is 1. The highest BCUT2D eigenvalue weighted by Gasteiger charge is 2.16. The molecule has 2 amide bonds. The molecule has 136 valence electrons. The summed E-state index contributed by atoms with van der Waals surface area (Å²) in [6.45, 7) is 3.22. The molecule has 0 unspecified atom stereocenters. The van der Waals surface area contributed by atoms with Crippen LogP contribution in [0.2, 0.25) is 0 Å². The van der Waals surface area contributed by atoms with Gasteiger partial charge in [0.25, 0.3) is 0 Å². The minimum Gasteiger partial charge on any atom is -0.373 e. The number of piperidine rings is 1. The molecule has 7 heteroatoms. The average molecular weight is 370 g/mol. The van der Waals surface area contributed by atoms with Crippen LogP contribution in [0.4, 0.5) is 10.6 Å². The lowest BCUT2D eigenvalue weighted by atomic mass is 10.1. The van der Waals surface area contributed by atoms with Gasteiger partial charge in [0.1, 0.15) is 10.8 Å². The van der Waals surface area contributed by atoms with E-state index in [-0.39, 0.29) is 12.1 Å². The lowest BCUT2D eigenvalue weighted by molar-refractivity contribution is 0.216. The third-order valence-corrected chi connectivity index (χ3v) is 5.48. The Morgan fingerprint density at radius 1 is 1.27 bits per heavy atom. The van der Waals surface area contributed by atoms with Crippen LogP contribution in [0.25, 0.3) is 16.1 Å². The molecule has 3 heterocycles. The Balaban J connectivity index is 1.37. The van der Waals surface area contributed by atoms with Crippen molar-refractivity contribution in [3.8, 4) is 10.6 Å². The normalized spacial score (nSPS) is 19.8. The number of nitrogens with one attached hydrogen (secondary N) is 3. The number of thiazole rings is 1. The van der Waals surface area contributed by atoms with Crippen molar-refractivity contribution < 1.29 is 9.53 Å². The molecule has 0 bridgehead atoms. The summed E-state index contributed by atoms with van der Waals surface area (Å²) in [5.41, 5.74) is 3.46. The molecule has 3 N–H and O–H groups in total. The predicted octanol–water partition coefficient (Wildman–Crippen LogP) is 3.10. The van der Waals surface area contributed by atoms with Gasteiger partial charge in [-0.2, -0.15) is 0 Å². The van der Waals surface area contributed by atoms with E-state index in [0.717, 1.165) is 36.5 Å². The first kappa shape index (κ1) is 17.2. The Morgan fingerprint density at radius 3 is 2.85 bits per heavy atom. The predicted molar refractivity (Wildman–Crippen MR) is 104 cm³/mol. The van der Waals surface area contributed by atoms with Gasteiger partial charge in [-0.05, 0) is 30.5 Å². The fraction of sp³-hybridized carbons (Fsp3) is 0.368. The lowest BCUT2D eigenvalue weighted by Crippen LogP contribution is -2.47. The van der Waals surface area contributed by atoms with Crippen LogP contribution in [-0.2, 0) is 4.74 Å². The molecule has 26 heavy (non-hydrogen) atoms. The second-order valence-corrected chi connectivity index (χ2v) is 7.36. The molecule has 0 saturated carbocycles. The minimum absolute atomic E-state index is 0.184. The van der Waals surface area contributed by atoms with Crippen LogP contribution in [-0.4, -0.2) is 43.4 Å². The highest BCUT2D eigenvalue weighted by atomic mass is 32.1. The molecule has 1 aromatic heterocycles.